The molecule has 1 aromatic carbocycles. The summed E-state index contributed by atoms with van der Waals surface area (Å²) >= 11 is 1.90. The molecule has 0 bridgehead atoms. The average Bonchev–Trinajstić information content (AvgIpc) is 3.18. The summed E-state index contributed by atoms with van der Waals surface area (Å²) in [6, 6.07) is 9.38. The van der Waals surface area contributed by atoms with Crippen molar-refractivity contribution in [2.45, 2.75) is 26.7 Å². The van der Waals surface area contributed by atoms with Crippen molar-refractivity contribution in [3.63, 3.8) is 0 Å². The standard InChI is InChI=1S/C24H32N5S/c1-17-13-19(28-9-3-5-25-7-11-28)15-21-23(17)27-24-18(2)14-20(16-22(24)30-21)29-10-4-6-26-8-12-29/h13-16,25-26H,3-12H2,1-2H3/q+1. The molecule has 5 nitrogen and oxygen atoms in total. The van der Waals surface area contributed by atoms with Gasteiger partial charge < -0.3 is 15.5 Å². The Hall–Kier alpha value is -2.02. The zero-order chi connectivity index (χ0) is 20.5. The molecule has 5 rings (SSSR count). The molecule has 2 fully saturated rings. The normalized spacial score (nSPS) is 20.4. The van der Waals surface area contributed by atoms with Crippen molar-refractivity contribution < 1.29 is 0 Å². The van der Waals surface area contributed by atoms with Crippen molar-refractivity contribution in [1.29, 1.82) is 0 Å². The largest absolute Gasteiger partial charge is 0.370 e. The van der Waals surface area contributed by atoms with E-state index in [-0.39, 0.29) is 0 Å². The van der Waals surface area contributed by atoms with E-state index in [1.54, 1.807) is 0 Å². The number of hydrogen-bond acceptors (Lipinski definition) is 5. The van der Waals surface area contributed by atoms with Crippen molar-refractivity contribution in [3.05, 3.63) is 40.7 Å². The van der Waals surface area contributed by atoms with Crippen LogP contribution >= 0.6 is 11.3 Å². The molecule has 30 heavy (non-hydrogen) atoms. The predicted molar refractivity (Wildman–Crippen MR) is 128 cm³/mol. The Morgan fingerprint density at radius 2 is 1.77 bits per heavy atom. The van der Waals surface area contributed by atoms with Crippen LogP contribution in [-0.4, -0.2) is 57.3 Å². The Kier molecular flexibility index (Phi) is 5.72. The first-order chi connectivity index (χ1) is 14.7. The second-order valence-electron chi connectivity index (χ2n) is 8.61. The van der Waals surface area contributed by atoms with Gasteiger partial charge in [0, 0.05) is 50.4 Å². The van der Waals surface area contributed by atoms with Gasteiger partial charge in [0.2, 0.25) is 5.36 Å². The van der Waals surface area contributed by atoms with E-state index in [1.165, 1.54) is 44.6 Å². The Labute approximate surface area is 182 Å². The molecule has 0 amide bonds. The number of aromatic nitrogens is 1. The van der Waals surface area contributed by atoms with Gasteiger partial charge in [0.15, 0.2) is 6.54 Å². The minimum atomic E-state index is 1.06. The molecular weight excluding hydrogens is 390 g/mol. The lowest BCUT2D eigenvalue weighted by Gasteiger charge is -2.23. The lowest BCUT2D eigenvalue weighted by molar-refractivity contribution is 0.599. The van der Waals surface area contributed by atoms with Crippen molar-refractivity contribution in [2.75, 3.05) is 57.3 Å². The highest BCUT2D eigenvalue weighted by atomic mass is 32.1. The fourth-order valence-electron chi connectivity index (χ4n) is 4.70. The van der Waals surface area contributed by atoms with Crippen LogP contribution in [0.4, 0.5) is 5.69 Å². The molecule has 4 aliphatic rings. The van der Waals surface area contributed by atoms with E-state index in [4.69, 9.17) is 4.98 Å². The molecule has 158 valence electrons. The summed E-state index contributed by atoms with van der Waals surface area (Å²) in [7, 11) is 0. The SMILES string of the molecule is Cc1cc(=[N+]2CCCNCC2)cc2sc3cc(N4CCCNCC4)cc(C)c3nc1-2. The van der Waals surface area contributed by atoms with Crippen molar-refractivity contribution in [1.82, 2.24) is 20.2 Å². The van der Waals surface area contributed by atoms with Crippen LogP contribution in [0.1, 0.15) is 24.0 Å². The predicted octanol–water partition coefficient (Wildman–Crippen LogP) is 2.58. The summed E-state index contributed by atoms with van der Waals surface area (Å²) in [5.41, 5.74) is 6.20. The van der Waals surface area contributed by atoms with E-state index < -0.39 is 0 Å². The topological polar surface area (TPSA) is 43.2 Å². The molecule has 0 saturated carbocycles. The van der Waals surface area contributed by atoms with Crippen molar-refractivity contribution in [2.24, 2.45) is 0 Å². The summed E-state index contributed by atoms with van der Waals surface area (Å²) in [4.78, 5) is 8.95. The molecule has 0 aromatic heterocycles. The van der Waals surface area contributed by atoms with E-state index in [9.17, 15) is 0 Å². The number of hydrogen-bond donors (Lipinski definition) is 2. The van der Waals surface area contributed by atoms with E-state index in [2.05, 4.69) is 58.2 Å². The van der Waals surface area contributed by atoms with Crippen LogP contribution in [0.3, 0.4) is 0 Å². The quantitative estimate of drug-likeness (QED) is 0.467. The number of nitrogens with one attached hydrogen (secondary N) is 2. The van der Waals surface area contributed by atoms with Gasteiger partial charge in [0.1, 0.15) is 6.54 Å². The van der Waals surface area contributed by atoms with Crippen LogP contribution in [0.15, 0.2) is 24.3 Å². The van der Waals surface area contributed by atoms with Gasteiger partial charge in [0.25, 0.3) is 0 Å². The van der Waals surface area contributed by atoms with Crippen LogP contribution in [0.2, 0.25) is 0 Å². The average molecular weight is 423 g/mol. The lowest BCUT2D eigenvalue weighted by atomic mass is 10.1. The highest BCUT2D eigenvalue weighted by Crippen LogP contribution is 2.35. The number of aryl methyl sites for hydroxylation is 2. The molecule has 0 unspecified atom stereocenters. The Bertz CT molecular complexity index is 1080. The van der Waals surface area contributed by atoms with Gasteiger partial charge in [-0.2, -0.15) is 0 Å². The molecule has 1 aliphatic carbocycles. The van der Waals surface area contributed by atoms with E-state index in [0.717, 1.165) is 63.6 Å². The number of fused-ring (bicyclic) bond motifs is 2. The molecule has 2 saturated heterocycles. The maximum absolute atomic E-state index is 5.13. The lowest BCUT2D eigenvalue weighted by Crippen LogP contribution is -2.33. The zero-order valence-electron chi connectivity index (χ0n) is 18.1. The van der Waals surface area contributed by atoms with E-state index in [1.807, 2.05) is 11.3 Å². The fourth-order valence-corrected chi connectivity index (χ4v) is 5.91. The summed E-state index contributed by atoms with van der Waals surface area (Å²) < 4.78 is 3.82. The van der Waals surface area contributed by atoms with Crippen LogP contribution in [-0.2, 0) is 0 Å². The summed E-state index contributed by atoms with van der Waals surface area (Å²) in [6.45, 7) is 13.2. The second kappa shape index (κ2) is 8.61. The molecule has 1 aromatic rings. The highest BCUT2D eigenvalue weighted by molar-refractivity contribution is 7.21. The Balaban J connectivity index is 1.64. The minimum Gasteiger partial charge on any atom is -0.370 e. The third-order valence-electron chi connectivity index (χ3n) is 6.35. The van der Waals surface area contributed by atoms with E-state index in [0.29, 0.717) is 0 Å². The molecule has 0 spiro atoms. The van der Waals surface area contributed by atoms with Gasteiger partial charge >= 0.3 is 0 Å². The first kappa shape index (κ1) is 19.9. The summed E-state index contributed by atoms with van der Waals surface area (Å²) in [5, 5.41) is 8.36. The Morgan fingerprint density at radius 1 is 0.900 bits per heavy atom. The molecule has 3 heterocycles. The summed E-state index contributed by atoms with van der Waals surface area (Å²) in [5.74, 6) is 0. The molecule has 0 radical (unpaired) electrons. The zero-order valence-corrected chi connectivity index (χ0v) is 18.9. The molecule has 3 aliphatic heterocycles. The van der Waals surface area contributed by atoms with Crippen molar-refractivity contribution in [3.8, 4) is 10.6 Å². The van der Waals surface area contributed by atoms with Gasteiger partial charge in [-0.25, -0.2) is 9.56 Å². The van der Waals surface area contributed by atoms with Crippen LogP contribution in [0, 0.1) is 13.8 Å². The molecule has 0 atom stereocenters. The minimum absolute atomic E-state index is 1.06. The van der Waals surface area contributed by atoms with Crippen LogP contribution in [0.25, 0.3) is 20.8 Å². The van der Waals surface area contributed by atoms with Crippen LogP contribution in [0.5, 0.6) is 0 Å². The highest BCUT2D eigenvalue weighted by Gasteiger charge is 2.18. The number of anilines is 1. The van der Waals surface area contributed by atoms with Gasteiger partial charge in [-0.15, -0.1) is 11.3 Å². The van der Waals surface area contributed by atoms with Gasteiger partial charge in [-0.1, -0.05) is 0 Å². The first-order valence-corrected chi connectivity index (χ1v) is 12.1. The van der Waals surface area contributed by atoms with E-state index >= 15 is 0 Å². The smallest absolute Gasteiger partial charge is 0.201 e. The van der Waals surface area contributed by atoms with Crippen molar-refractivity contribution >= 4 is 27.2 Å². The number of nitrogens with zero attached hydrogens (tertiary/aromatic N) is 3. The number of benzene rings is 2. The molecule has 2 N–H and O–H groups in total. The van der Waals surface area contributed by atoms with Gasteiger partial charge in [-0.05, 0) is 50.1 Å². The molecular formula is C24H32N5S+. The second-order valence-corrected chi connectivity index (χ2v) is 9.70. The van der Waals surface area contributed by atoms with Gasteiger partial charge in [0.05, 0.1) is 27.3 Å². The maximum Gasteiger partial charge on any atom is 0.201 e. The molecule has 6 heteroatoms. The monoisotopic (exact) mass is 422 g/mol. The Morgan fingerprint density at radius 3 is 2.70 bits per heavy atom. The first-order valence-electron chi connectivity index (χ1n) is 11.3. The maximum atomic E-state index is 5.13. The van der Waals surface area contributed by atoms with Gasteiger partial charge in [-0.3, -0.25) is 0 Å². The fraction of sp³-hybridized carbons (Fsp3) is 0.500. The number of rotatable bonds is 1. The van der Waals surface area contributed by atoms with Crippen LogP contribution < -0.4 is 25.5 Å². The third kappa shape index (κ3) is 3.96. The third-order valence-corrected chi connectivity index (χ3v) is 7.42. The summed E-state index contributed by atoms with van der Waals surface area (Å²) in [6.07, 6.45) is 2.40.